The monoisotopic (exact) mass is 462 g/mol. The highest BCUT2D eigenvalue weighted by atomic mass is 35.5. The van der Waals surface area contributed by atoms with Gasteiger partial charge < -0.3 is 10.8 Å². The molecule has 0 aliphatic heterocycles. The average Bonchev–Trinajstić information content (AvgIpc) is 3.06. The van der Waals surface area contributed by atoms with Gasteiger partial charge in [-0.15, -0.1) is 11.3 Å². The maximum atomic E-state index is 13.1. The molecule has 1 aromatic heterocycles. The van der Waals surface area contributed by atoms with Crippen LogP contribution in [-0.2, 0) is 14.8 Å². The first-order valence-electron chi connectivity index (χ1n) is 9.14. The van der Waals surface area contributed by atoms with E-state index >= 15 is 0 Å². The molecule has 30 heavy (non-hydrogen) atoms. The van der Waals surface area contributed by atoms with Gasteiger partial charge in [-0.25, -0.2) is 8.42 Å². The molecule has 3 aromatic rings. The Hall–Kier alpha value is -2.39. The molecule has 1 heterocycles. The lowest BCUT2D eigenvalue weighted by atomic mass is 10.1. The van der Waals surface area contributed by atoms with Gasteiger partial charge in [0.2, 0.25) is 0 Å². The summed E-state index contributed by atoms with van der Waals surface area (Å²) < 4.78 is 28.7. The van der Waals surface area contributed by atoms with Crippen molar-refractivity contribution in [3.8, 4) is 10.4 Å². The first-order valence-corrected chi connectivity index (χ1v) is 11.8. The molecule has 4 N–H and O–H groups in total. The molecular formula is C21H19ClN2O4S2. The average molecular weight is 463 g/mol. The van der Waals surface area contributed by atoms with Crippen LogP contribution in [0.2, 0.25) is 5.02 Å². The van der Waals surface area contributed by atoms with E-state index in [1.54, 1.807) is 31.2 Å². The van der Waals surface area contributed by atoms with E-state index in [1.165, 1.54) is 6.07 Å². The lowest BCUT2D eigenvalue weighted by Gasteiger charge is -2.15. The zero-order chi connectivity index (χ0) is 21.7. The molecular weight excluding hydrogens is 444 g/mol. The molecule has 1 aliphatic carbocycles. The Balaban J connectivity index is 1.65. The second-order valence-electron chi connectivity index (χ2n) is 7.31. The molecule has 4 rings (SSSR count). The maximum absolute atomic E-state index is 13.1. The third-order valence-corrected chi connectivity index (χ3v) is 9.00. The zero-order valence-corrected chi connectivity index (χ0v) is 18.3. The highest BCUT2D eigenvalue weighted by Gasteiger charge is 2.70. The Morgan fingerprint density at radius 1 is 1.17 bits per heavy atom. The molecule has 1 fully saturated rings. The van der Waals surface area contributed by atoms with Crippen LogP contribution in [0.5, 0.6) is 0 Å². The van der Waals surface area contributed by atoms with Crippen molar-refractivity contribution in [2.75, 3.05) is 5.73 Å². The molecule has 1 saturated carbocycles. The molecule has 156 valence electrons. The summed E-state index contributed by atoms with van der Waals surface area (Å²) in [5, 5.41) is 10.3. The van der Waals surface area contributed by atoms with Crippen molar-refractivity contribution in [2.24, 2.45) is 5.92 Å². The van der Waals surface area contributed by atoms with Gasteiger partial charge in [-0.1, -0.05) is 54.9 Å². The van der Waals surface area contributed by atoms with Crippen molar-refractivity contribution in [3.05, 3.63) is 71.2 Å². The minimum Gasteiger partial charge on any atom is -0.480 e. The summed E-state index contributed by atoms with van der Waals surface area (Å²) in [6, 6.07) is 17.3. The molecule has 2 aromatic carbocycles. The van der Waals surface area contributed by atoms with Gasteiger partial charge in [0.1, 0.15) is 9.75 Å². The molecule has 1 aliphatic rings. The molecule has 3 atom stereocenters. The smallest absolute Gasteiger partial charge is 0.325 e. The molecule has 0 bridgehead atoms. The van der Waals surface area contributed by atoms with E-state index in [4.69, 9.17) is 17.3 Å². The fraction of sp³-hybridized carbons (Fsp3) is 0.190. The number of carboxylic acids is 1. The van der Waals surface area contributed by atoms with Gasteiger partial charge in [0, 0.05) is 10.8 Å². The molecule has 1 unspecified atom stereocenters. The Labute approximate surface area is 183 Å². The molecule has 6 nitrogen and oxygen atoms in total. The second-order valence-corrected chi connectivity index (χ2v) is 10.7. The van der Waals surface area contributed by atoms with Crippen molar-refractivity contribution in [3.63, 3.8) is 0 Å². The lowest BCUT2D eigenvalue weighted by Crippen LogP contribution is -2.45. The fourth-order valence-corrected chi connectivity index (χ4v) is 6.77. The van der Waals surface area contributed by atoms with E-state index in [2.05, 4.69) is 4.72 Å². The molecule has 0 amide bonds. The van der Waals surface area contributed by atoms with Gasteiger partial charge in [-0.3, -0.25) is 4.79 Å². The number of sulfonamides is 1. The van der Waals surface area contributed by atoms with Gasteiger partial charge in [0.25, 0.3) is 10.0 Å². The summed E-state index contributed by atoms with van der Waals surface area (Å²) in [6.45, 7) is 1.74. The van der Waals surface area contributed by atoms with Crippen molar-refractivity contribution >= 4 is 44.6 Å². The summed E-state index contributed by atoms with van der Waals surface area (Å²) in [5.74, 6) is -2.01. The highest BCUT2D eigenvalue weighted by molar-refractivity contribution is 7.91. The minimum absolute atomic E-state index is 0.0394. The van der Waals surface area contributed by atoms with E-state index in [1.807, 2.05) is 30.3 Å². The number of rotatable bonds is 6. The van der Waals surface area contributed by atoms with Gasteiger partial charge in [0.15, 0.2) is 0 Å². The van der Waals surface area contributed by atoms with Crippen LogP contribution in [0.25, 0.3) is 10.4 Å². The first kappa shape index (κ1) is 20.9. The van der Waals surface area contributed by atoms with Crippen molar-refractivity contribution < 1.29 is 18.3 Å². The number of anilines is 1. The number of nitrogens with one attached hydrogen (secondary N) is 1. The second kappa shape index (κ2) is 7.39. The van der Waals surface area contributed by atoms with Crippen LogP contribution in [0.15, 0.2) is 64.9 Å². The van der Waals surface area contributed by atoms with Crippen LogP contribution >= 0.6 is 22.9 Å². The first-order chi connectivity index (χ1) is 14.2. The van der Waals surface area contributed by atoms with Gasteiger partial charge in [0.05, 0.1) is 10.7 Å². The summed E-state index contributed by atoms with van der Waals surface area (Å²) in [7, 11) is -4.05. The summed E-state index contributed by atoms with van der Waals surface area (Å²) >= 11 is 6.99. The highest BCUT2D eigenvalue weighted by Crippen LogP contribution is 2.58. The van der Waals surface area contributed by atoms with Crippen LogP contribution < -0.4 is 10.5 Å². The van der Waals surface area contributed by atoms with Crippen LogP contribution in [0, 0.1) is 5.92 Å². The van der Waals surface area contributed by atoms with Crippen LogP contribution in [-0.4, -0.2) is 25.0 Å². The van der Waals surface area contributed by atoms with Crippen LogP contribution in [0.3, 0.4) is 0 Å². The Morgan fingerprint density at radius 2 is 1.87 bits per heavy atom. The zero-order valence-electron chi connectivity index (χ0n) is 15.9. The van der Waals surface area contributed by atoms with Crippen LogP contribution in [0.1, 0.15) is 18.4 Å². The number of hydrogen-bond donors (Lipinski definition) is 3. The normalized spacial score (nSPS) is 23.3. The number of thiophene rings is 1. The third kappa shape index (κ3) is 3.39. The quantitative estimate of drug-likeness (QED) is 0.476. The van der Waals surface area contributed by atoms with E-state index in [-0.39, 0.29) is 10.1 Å². The van der Waals surface area contributed by atoms with E-state index in [9.17, 15) is 18.3 Å². The number of benzene rings is 2. The van der Waals surface area contributed by atoms with Gasteiger partial charge in [-0.2, -0.15) is 4.72 Å². The van der Waals surface area contributed by atoms with E-state index in [0.29, 0.717) is 15.6 Å². The summed E-state index contributed by atoms with van der Waals surface area (Å²) in [5.41, 5.74) is 6.18. The topological polar surface area (TPSA) is 109 Å². The number of nitrogens with two attached hydrogens (primary N) is 1. The molecule has 9 heteroatoms. The predicted molar refractivity (Wildman–Crippen MR) is 118 cm³/mol. The Kier molecular flexibility index (Phi) is 5.14. The van der Waals surface area contributed by atoms with Gasteiger partial charge >= 0.3 is 5.97 Å². The number of nitrogen functional groups attached to an aromatic ring is 1. The molecule has 0 saturated heterocycles. The number of aliphatic carboxylic acids is 1. The molecule has 0 spiro atoms. The number of carbonyl (C=O) groups is 1. The van der Waals surface area contributed by atoms with Gasteiger partial charge in [-0.05, 0) is 41.3 Å². The fourth-order valence-electron chi connectivity index (χ4n) is 3.89. The minimum atomic E-state index is -4.05. The van der Waals surface area contributed by atoms with E-state index in [0.717, 1.165) is 22.5 Å². The SMILES string of the molecule is CC1[C@H](c2ccccc2)[C@]1(NS(=O)(=O)c1ccc(-c2ccc(Cl)c(N)c2)s1)C(=O)O. The summed E-state index contributed by atoms with van der Waals surface area (Å²) in [6.07, 6.45) is 0. The van der Waals surface area contributed by atoms with Crippen molar-refractivity contribution in [2.45, 2.75) is 22.6 Å². The Morgan fingerprint density at radius 3 is 2.50 bits per heavy atom. The Bertz CT molecular complexity index is 1230. The number of halogens is 1. The standard InChI is InChI=1S/C21H19ClN2O4S2/c1-12-19(13-5-3-2-4-6-13)21(12,20(25)26)24-30(27,28)18-10-9-17(29-18)14-7-8-15(22)16(23)11-14/h2-12,19,24H,23H2,1H3,(H,25,26)/t12?,19-,21+/m1/s1. The molecule has 0 radical (unpaired) electrons. The summed E-state index contributed by atoms with van der Waals surface area (Å²) in [4.78, 5) is 12.8. The largest absolute Gasteiger partial charge is 0.480 e. The lowest BCUT2D eigenvalue weighted by molar-refractivity contribution is -0.140. The van der Waals surface area contributed by atoms with E-state index < -0.39 is 27.4 Å². The van der Waals surface area contributed by atoms with Crippen LogP contribution in [0.4, 0.5) is 5.69 Å². The van der Waals surface area contributed by atoms with Crippen molar-refractivity contribution in [1.29, 1.82) is 0 Å². The van der Waals surface area contributed by atoms with Crippen molar-refractivity contribution in [1.82, 2.24) is 4.72 Å². The third-order valence-electron chi connectivity index (χ3n) is 5.54. The maximum Gasteiger partial charge on any atom is 0.325 e. The number of carboxylic acid groups (broad SMARTS) is 1. The predicted octanol–water partition coefficient (Wildman–Crippen LogP) is 4.19. The number of hydrogen-bond acceptors (Lipinski definition) is 5.